The molecule has 0 bridgehead atoms. The summed E-state index contributed by atoms with van der Waals surface area (Å²) in [5, 5.41) is 19.1. The minimum Gasteiger partial charge on any atom is -0.394 e. The molecule has 0 aromatic heterocycles. The molecule has 0 fully saturated rings. The van der Waals surface area contributed by atoms with Crippen LogP contribution in [0.1, 0.15) is 155 Å². The van der Waals surface area contributed by atoms with Gasteiger partial charge in [0, 0.05) is 19.5 Å². The van der Waals surface area contributed by atoms with Crippen LogP contribution in [0, 0.1) is 0 Å². The van der Waals surface area contributed by atoms with E-state index in [-0.39, 0.29) is 19.1 Å². The lowest BCUT2D eigenvalue weighted by Crippen LogP contribution is -2.39. The van der Waals surface area contributed by atoms with E-state index in [1.54, 1.807) is 4.90 Å². The molecule has 0 aliphatic heterocycles. The van der Waals surface area contributed by atoms with Crippen molar-refractivity contribution in [1.82, 2.24) is 4.90 Å². The van der Waals surface area contributed by atoms with Gasteiger partial charge in [0.1, 0.15) is 0 Å². The second-order valence-corrected chi connectivity index (χ2v) is 10.5. The Morgan fingerprint density at radius 2 is 1.09 bits per heavy atom. The largest absolute Gasteiger partial charge is 0.394 e. The summed E-state index contributed by atoms with van der Waals surface area (Å²) in [5.74, 6) is 0.0615. The number of aliphatic hydroxyl groups is 2. The minimum absolute atomic E-state index is 0.0615. The predicted octanol–water partition coefficient (Wildman–Crippen LogP) is 8.35. The van der Waals surface area contributed by atoms with Crippen LogP contribution in [0.5, 0.6) is 0 Å². The first-order chi connectivity index (χ1) is 17.2. The molecule has 4 nitrogen and oxygen atoms in total. The Labute approximate surface area is 219 Å². The molecule has 35 heavy (non-hydrogen) atoms. The molecule has 0 spiro atoms. The van der Waals surface area contributed by atoms with Crippen LogP contribution in [-0.4, -0.2) is 46.8 Å². The number of rotatable bonds is 27. The minimum atomic E-state index is -0.849. The van der Waals surface area contributed by atoms with Gasteiger partial charge in [0.15, 0.2) is 0 Å². The molecule has 0 aromatic rings. The molecule has 1 unspecified atom stereocenters. The standard InChI is InChI=1S/C31H61NO3/c1-3-5-7-9-11-13-14-15-16-17-19-21-23-25-27-32(28-30(34)29-33)31(35)26-24-22-20-18-12-10-8-6-4-2/h22,24,30,33-34H,3-21,23,25-29H2,1-2H3. The number of carbonyl (C=O) groups excluding carboxylic acids is 1. The number of nitrogens with zero attached hydrogens (tertiary/aromatic N) is 1. The Kier molecular flexibility index (Phi) is 27.0. The summed E-state index contributed by atoms with van der Waals surface area (Å²) in [4.78, 5) is 14.4. The highest BCUT2D eigenvalue weighted by molar-refractivity contribution is 5.77. The molecule has 4 heteroatoms. The summed E-state index contributed by atoms with van der Waals surface area (Å²) in [6, 6.07) is 0. The van der Waals surface area contributed by atoms with Crippen LogP contribution in [0.3, 0.4) is 0 Å². The topological polar surface area (TPSA) is 60.8 Å². The number of allylic oxidation sites excluding steroid dienone is 1. The van der Waals surface area contributed by atoms with Gasteiger partial charge in [-0.05, 0) is 19.3 Å². The number of carbonyl (C=O) groups is 1. The molecule has 0 aromatic carbocycles. The fourth-order valence-electron chi connectivity index (χ4n) is 4.60. The molecule has 0 aliphatic rings. The van der Waals surface area contributed by atoms with E-state index in [0.717, 1.165) is 19.3 Å². The van der Waals surface area contributed by atoms with E-state index in [9.17, 15) is 15.0 Å². The molecule has 0 heterocycles. The van der Waals surface area contributed by atoms with Gasteiger partial charge in [-0.3, -0.25) is 4.79 Å². The SMILES string of the molecule is CCCCCCCCC=CCC(=O)N(CCCCCCCCCCCCCCCC)CC(O)CO. The lowest BCUT2D eigenvalue weighted by atomic mass is 10.0. The van der Waals surface area contributed by atoms with Crippen LogP contribution in [0.25, 0.3) is 0 Å². The van der Waals surface area contributed by atoms with Crippen LogP contribution >= 0.6 is 0 Å². The van der Waals surface area contributed by atoms with Crippen molar-refractivity contribution in [3.8, 4) is 0 Å². The summed E-state index contributed by atoms with van der Waals surface area (Å²) in [7, 11) is 0. The molecular weight excluding hydrogens is 434 g/mol. The first-order valence-corrected chi connectivity index (χ1v) is 15.4. The van der Waals surface area contributed by atoms with E-state index in [1.165, 1.54) is 116 Å². The van der Waals surface area contributed by atoms with Crippen molar-refractivity contribution in [3.05, 3.63) is 12.2 Å². The molecular formula is C31H61NO3. The lowest BCUT2D eigenvalue weighted by molar-refractivity contribution is -0.132. The smallest absolute Gasteiger partial charge is 0.226 e. The molecule has 1 amide bonds. The highest BCUT2D eigenvalue weighted by Gasteiger charge is 2.15. The van der Waals surface area contributed by atoms with Crippen molar-refractivity contribution >= 4 is 5.91 Å². The first kappa shape index (κ1) is 34.1. The van der Waals surface area contributed by atoms with Crippen molar-refractivity contribution in [2.75, 3.05) is 19.7 Å². The number of hydrogen-bond donors (Lipinski definition) is 2. The van der Waals surface area contributed by atoms with Gasteiger partial charge >= 0.3 is 0 Å². The van der Waals surface area contributed by atoms with Gasteiger partial charge in [-0.2, -0.15) is 0 Å². The second kappa shape index (κ2) is 27.7. The van der Waals surface area contributed by atoms with Crippen molar-refractivity contribution in [3.63, 3.8) is 0 Å². The number of aliphatic hydroxyl groups excluding tert-OH is 2. The van der Waals surface area contributed by atoms with Crippen LogP contribution < -0.4 is 0 Å². The first-order valence-electron chi connectivity index (χ1n) is 15.4. The molecule has 208 valence electrons. The zero-order valence-corrected chi connectivity index (χ0v) is 23.7. The average molecular weight is 496 g/mol. The third-order valence-corrected chi connectivity index (χ3v) is 6.96. The number of hydrogen-bond acceptors (Lipinski definition) is 3. The maximum Gasteiger partial charge on any atom is 0.226 e. The Morgan fingerprint density at radius 3 is 1.54 bits per heavy atom. The van der Waals surface area contributed by atoms with Crippen LogP contribution in [0.2, 0.25) is 0 Å². The maximum absolute atomic E-state index is 12.6. The molecule has 0 saturated carbocycles. The Balaban J connectivity index is 3.86. The van der Waals surface area contributed by atoms with E-state index in [1.807, 2.05) is 6.08 Å². The normalized spacial score (nSPS) is 12.5. The average Bonchev–Trinajstić information content (AvgIpc) is 2.86. The van der Waals surface area contributed by atoms with E-state index in [4.69, 9.17) is 0 Å². The van der Waals surface area contributed by atoms with Crippen molar-refractivity contribution in [1.29, 1.82) is 0 Å². The van der Waals surface area contributed by atoms with Crippen molar-refractivity contribution < 1.29 is 15.0 Å². The summed E-state index contributed by atoms with van der Waals surface area (Å²) >= 11 is 0. The van der Waals surface area contributed by atoms with Gasteiger partial charge in [0.25, 0.3) is 0 Å². The Hall–Kier alpha value is -0.870. The lowest BCUT2D eigenvalue weighted by Gasteiger charge is -2.24. The van der Waals surface area contributed by atoms with Crippen LogP contribution in [-0.2, 0) is 4.79 Å². The highest BCUT2D eigenvalue weighted by atomic mass is 16.3. The Bertz CT molecular complexity index is 466. The molecule has 0 saturated heterocycles. The Morgan fingerprint density at radius 1 is 0.657 bits per heavy atom. The van der Waals surface area contributed by atoms with E-state index < -0.39 is 6.10 Å². The fourth-order valence-corrected chi connectivity index (χ4v) is 4.60. The second-order valence-electron chi connectivity index (χ2n) is 10.5. The van der Waals surface area contributed by atoms with Gasteiger partial charge < -0.3 is 15.1 Å². The van der Waals surface area contributed by atoms with Crippen molar-refractivity contribution in [2.24, 2.45) is 0 Å². The molecule has 0 rings (SSSR count). The maximum atomic E-state index is 12.6. The van der Waals surface area contributed by atoms with E-state index in [2.05, 4.69) is 19.9 Å². The van der Waals surface area contributed by atoms with Crippen molar-refractivity contribution in [2.45, 2.75) is 161 Å². The quantitative estimate of drug-likeness (QED) is 0.0889. The fraction of sp³-hybridized carbons (Fsp3) is 0.903. The summed E-state index contributed by atoms with van der Waals surface area (Å²) < 4.78 is 0. The van der Waals surface area contributed by atoms with Gasteiger partial charge in [-0.25, -0.2) is 0 Å². The molecule has 2 N–H and O–H groups in total. The van der Waals surface area contributed by atoms with Gasteiger partial charge in [0.05, 0.1) is 12.7 Å². The zero-order chi connectivity index (χ0) is 25.8. The summed E-state index contributed by atoms with van der Waals surface area (Å²) in [6.45, 7) is 5.13. The number of amides is 1. The van der Waals surface area contributed by atoms with Gasteiger partial charge in [-0.1, -0.05) is 142 Å². The monoisotopic (exact) mass is 495 g/mol. The molecule has 1 atom stereocenters. The predicted molar refractivity (Wildman–Crippen MR) is 152 cm³/mol. The van der Waals surface area contributed by atoms with Gasteiger partial charge in [0.2, 0.25) is 5.91 Å². The third-order valence-electron chi connectivity index (χ3n) is 6.96. The third kappa shape index (κ3) is 24.6. The summed E-state index contributed by atoms with van der Waals surface area (Å²) in [5.41, 5.74) is 0. The summed E-state index contributed by atoms with van der Waals surface area (Å²) in [6.07, 6.45) is 30.8. The molecule has 0 radical (unpaired) electrons. The van der Waals surface area contributed by atoms with Crippen LogP contribution in [0.15, 0.2) is 12.2 Å². The molecule has 0 aliphatic carbocycles. The van der Waals surface area contributed by atoms with E-state index >= 15 is 0 Å². The van der Waals surface area contributed by atoms with E-state index in [0.29, 0.717) is 13.0 Å². The zero-order valence-electron chi connectivity index (χ0n) is 23.7. The highest BCUT2D eigenvalue weighted by Crippen LogP contribution is 2.13. The van der Waals surface area contributed by atoms with Crippen LogP contribution in [0.4, 0.5) is 0 Å². The number of unbranched alkanes of at least 4 members (excludes halogenated alkanes) is 19. The van der Waals surface area contributed by atoms with Gasteiger partial charge in [-0.15, -0.1) is 0 Å².